The Balaban J connectivity index is 1.45. The molecule has 1 aromatic carbocycles. The maximum absolute atomic E-state index is 13.4. The van der Waals surface area contributed by atoms with Crippen LogP contribution in [0.3, 0.4) is 0 Å². The summed E-state index contributed by atoms with van der Waals surface area (Å²) >= 11 is 0. The van der Waals surface area contributed by atoms with E-state index in [1.807, 2.05) is 31.3 Å². The highest BCUT2D eigenvalue weighted by Gasteiger charge is 2.46. The van der Waals surface area contributed by atoms with E-state index in [1.54, 1.807) is 11.7 Å². The molecule has 0 radical (unpaired) electrons. The number of nitrogens with zero attached hydrogens (tertiary/aromatic N) is 4. The van der Waals surface area contributed by atoms with Gasteiger partial charge < -0.3 is 15.4 Å². The summed E-state index contributed by atoms with van der Waals surface area (Å²) in [6.07, 6.45) is 4.57. The third-order valence-corrected chi connectivity index (χ3v) is 7.79. The summed E-state index contributed by atoms with van der Waals surface area (Å²) in [6.45, 7) is 4.47. The molecule has 1 aliphatic carbocycles. The average Bonchev–Trinajstić information content (AvgIpc) is 3.34. The van der Waals surface area contributed by atoms with Gasteiger partial charge in [0.1, 0.15) is 5.75 Å². The molecular weight excluding hydrogens is 390 g/mol. The Hall–Kier alpha value is -2.67. The zero-order valence-corrected chi connectivity index (χ0v) is 18.6. The molecule has 0 bridgehead atoms. The molecule has 31 heavy (non-hydrogen) atoms. The summed E-state index contributed by atoms with van der Waals surface area (Å²) in [4.78, 5) is 25.3. The fourth-order valence-corrected chi connectivity index (χ4v) is 5.76. The monoisotopic (exact) mass is 421 g/mol. The molecule has 0 unspecified atom stereocenters. The van der Waals surface area contributed by atoms with Crippen molar-refractivity contribution in [2.24, 2.45) is 29.1 Å². The van der Waals surface area contributed by atoms with Crippen molar-refractivity contribution in [1.82, 2.24) is 9.55 Å². The van der Waals surface area contributed by atoms with Crippen molar-refractivity contribution in [1.29, 1.82) is 0 Å². The van der Waals surface area contributed by atoms with Crippen molar-refractivity contribution in [3.8, 4) is 5.75 Å². The summed E-state index contributed by atoms with van der Waals surface area (Å²) in [5.41, 5.74) is 9.65. The quantitative estimate of drug-likeness (QED) is 0.823. The van der Waals surface area contributed by atoms with Gasteiger partial charge in [0.2, 0.25) is 5.95 Å². The summed E-state index contributed by atoms with van der Waals surface area (Å²) in [5.74, 6) is 2.05. The van der Waals surface area contributed by atoms with Crippen LogP contribution in [0.5, 0.6) is 5.75 Å². The summed E-state index contributed by atoms with van der Waals surface area (Å²) < 4.78 is 7.18. The lowest BCUT2D eigenvalue weighted by molar-refractivity contribution is 0.185. The van der Waals surface area contributed by atoms with E-state index >= 15 is 0 Å². The Bertz CT molecular complexity index is 1100. The van der Waals surface area contributed by atoms with E-state index in [0.717, 1.165) is 43.1 Å². The van der Waals surface area contributed by atoms with Gasteiger partial charge >= 0.3 is 0 Å². The van der Waals surface area contributed by atoms with Gasteiger partial charge in [-0.2, -0.15) is 0 Å². The third-order valence-electron chi connectivity index (χ3n) is 7.79. The SMILES string of the molecule is COc1ccccc1C1=NCc2nc(N3CCC4(CC[C@@H](C)[C@H]4N)CC3)n(C)c(=O)c21. The Morgan fingerprint density at radius 2 is 1.94 bits per heavy atom. The molecule has 2 N–H and O–H groups in total. The van der Waals surface area contributed by atoms with Crippen LogP contribution in [0.1, 0.15) is 49.4 Å². The number of piperidine rings is 1. The second kappa shape index (κ2) is 7.48. The number of hydrogen-bond donors (Lipinski definition) is 1. The first-order chi connectivity index (χ1) is 14.9. The number of para-hydroxylation sites is 1. The first-order valence-corrected chi connectivity index (χ1v) is 11.2. The molecule has 2 fully saturated rings. The largest absolute Gasteiger partial charge is 0.496 e. The Kier molecular flexibility index (Phi) is 4.88. The Morgan fingerprint density at radius 1 is 1.19 bits per heavy atom. The van der Waals surface area contributed by atoms with Crippen molar-refractivity contribution in [3.63, 3.8) is 0 Å². The second-order valence-electron chi connectivity index (χ2n) is 9.35. The fourth-order valence-electron chi connectivity index (χ4n) is 5.76. The predicted octanol–water partition coefficient (Wildman–Crippen LogP) is 2.48. The van der Waals surface area contributed by atoms with E-state index in [1.165, 1.54) is 12.8 Å². The number of rotatable bonds is 3. The van der Waals surface area contributed by atoms with Crippen molar-refractivity contribution in [3.05, 3.63) is 51.4 Å². The minimum absolute atomic E-state index is 0.0476. The zero-order valence-electron chi connectivity index (χ0n) is 18.6. The van der Waals surface area contributed by atoms with Crippen LogP contribution in [-0.4, -0.2) is 41.5 Å². The van der Waals surface area contributed by atoms with Gasteiger partial charge in [-0.3, -0.25) is 14.4 Å². The number of aromatic nitrogens is 2. The molecule has 2 aromatic rings. The molecule has 3 aliphatic rings. The van der Waals surface area contributed by atoms with Gasteiger partial charge in [-0.25, -0.2) is 4.98 Å². The highest BCUT2D eigenvalue weighted by atomic mass is 16.5. The average molecular weight is 422 g/mol. The number of aliphatic imine (C=N–C) groups is 1. The summed E-state index contributed by atoms with van der Waals surface area (Å²) in [5, 5.41) is 0. The van der Waals surface area contributed by atoms with E-state index < -0.39 is 0 Å². The lowest BCUT2D eigenvalue weighted by atomic mass is 9.73. The molecule has 5 rings (SSSR count). The van der Waals surface area contributed by atoms with Gasteiger partial charge in [-0.15, -0.1) is 0 Å². The second-order valence-corrected chi connectivity index (χ2v) is 9.35. The Labute approximate surface area is 182 Å². The zero-order chi connectivity index (χ0) is 21.8. The standard InChI is InChI=1S/C24H31N5O2/c1-15-8-9-24(21(15)25)10-12-29(13-11-24)23-27-17-14-26-20(19(17)22(30)28(23)2)16-6-4-5-7-18(16)31-3/h4-7,15,21H,8-14,25H2,1-3H3/t15-,21-/m1/s1. The number of fused-ring (bicyclic) bond motifs is 1. The number of benzene rings is 1. The highest BCUT2D eigenvalue weighted by Crippen LogP contribution is 2.48. The fraction of sp³-hybridized carbons (Fsp3) is 0.542. The maximum Gasteiger partial charge on any atom is 0.264 e. The van der Waals surface area contributed by atoms with Crippen LogP contribution in [0.2, 0.25) is 0 Å². The van der Waals surface area contributed by atoms with Crippen LogP contribution < -0.4 is 20.9 Å². The first kappa shape index (κ1) is 20.2. The molecule has 2 aliphatic heterocycles. The van der Waals surface area contributed by atoms with Gasteiger partial charge in [0, 0.05) is 31.7 Å². The molecule has 0 amide bonds. The smallest absolute Gasteiger partial charge is 0.264 e. The van der Waals surface area contributed by atoms with Crippen LogP contribution in [0.15, 0.2) is 34.1 Å². The third kappa shape index (κ3) is 3.09. The van der Waals surface area contributed by atoms with Gasteiger partial charge in [0.25, 0.3) is 5.56 Å². The first-order valence-electron chi connectivity index (χ1n) is 11.2. The molecule has 164 valence electrons. The topological polar surface area (TPSA) is 85.7 Å². The normalized spacial score (nSPS) is 24.4. The Morgan fingerprint density at radius 3 is 2.61 bits per heavy atom. The summed E-state index contributed by atoms with van der Waals surface area (Å²) in [7, 11) is 3.45. The number of hydrogen-bond acceptors (Lipinski definition) is 6. The molecule has 3 heterocycles. The van der Waals surface area contributed by atoms with E-state index in [4.69, 9.17) is 15.5 Å². The molecule has 1 aromatic heterocycles. The molecule has 7 heteroatoms. The van der Waals surface area contributed by atoms with Crippen molar-refractivity contribution in [2.75, 3.05) is 25.1 Å². The highest BCUT2D eigenvalue weighted by molar-refractivity contribution is 6.16. The predicted molar refractivity (Wildman–Crippen MR) is 122 cm³/mol. The molecule has 1 spiro atoms. The van der Waals surface area contributed by atoms with Crippen LogP contribution >= 0.6 is 0 Å². The van der Waals surface area contributed by atoms with Gasteiger partial charge in [-0.05, 0) is 49.1 Å². The van der Waals surface area contributed by atoms with Gasteiger partial charge in [0.05, 0.1) is 30.6 Å². The molecule has 2 atom stereocenters. The lowest BCUT2D eigenvalue weighted by Gasteiger charge is -2.43. The molecule has 1 saturated heterocycles. The number of nitrogens with two attached hydrogens (primary N) is 1. The molecule has 1 saturated carbocycles. The molecule has 7 nitrogen and oxygen atoms in total. The van der Waals surface area contributed by atoms with E-state index in [2.05, 4.69) is 16.8 Å². The van der Waals surface area contributed by atoms with Crippen LogP contribution in [0.4, 0.5) is 5.95 Å². The number of methoxy groups -OCH3 is 1. The number of ether oxygens (including phenoxy) is 1. The van der Waals surface area contributed by atoms with Crippen LogP contribution in [0.25, 0.3) is 0 Å². The van der Waals surface area contributed by atoms with E-state index in [0.29, 0.717) is 29.5 Å². The number of anilines is 1. The minimum Gasteiger partial charge on any atom is -0.496 e. The lowest BCUT2D eigenvalue weighted by Crippen LogP contribution is -2.49. The van der Waals surface area contributed by atoms with Crippen LogP contribution in [-0.2, 0) is 13.6 Å². The minimum atomic E-state index is -0.0476. The van der Waals surface area contributed by atoms with Crippen molar-refractivity contribution < 1.29 is 4.74 Å². The molecular formula is C24H31N5O2. The van der Waals surface area contributed by atoms with Gasteiger partial charge in [0.15, 0.2) is 0 Å². The van der Waals surface area contributed by atoms with E-state index in [-0.39, 0.29) is 17.0 Å². The maximum atomic E-state index is 13.4. The van der Waals surface area contributed by atoms with Gasteiger partial charge in [-0.1, -0.05) is 19.1 Å². The van der Waals surface area contributed by atoms with E-state index in [9.17, 15) is 4.79 Å². The van der Waals surface area contributed by atoms with Crippen molar-refractivity contribution >= 4 is 11.7 Å². The van der Waals surface area contributed by atoms with Crippen LogP contribution in [0, 0.1) is 11.3 Å². The summed E-state index contributed by atoms with van der Waals surface area (Å²) in [6, 6.07) is 7.96. The van der Waals surface area contributed by atoms with Crippen molar-refractivity contribution in [2.45, 2.75) is 45.2 Å².